The second kappa shape index (κ2) is 4.72. The average molecular weight is 229 g/mol. The fraction of sp³-hybridized carbons (Fsp3) is 1.00. The van der Waals surface area contributed by atoms with E-state index in [0.29, 0.717) is 6.54 Å². The number of hydrogen-bond donors (Lipinski definition) is 1. The van der Waals surface area contributed by atoms with E-state index >= 15 is 0 Å². The number of alkyl halides is 3. The largest absolute Gasteiger partial charge is 0.415 e. The zero-order chi connectivity index (χ0) is 10.8. The topological polar surface area (TPSA) is 23.5 Å². The van der Waals surface area contributed by atoms with Crippen molar-refractivity contribution in [2.75, 3.05) is 24.6 Å². The molecule has 84 valence electrons. The average Bonchev–Trinajstić information content (AvgIpc) is 2.07. The van der Waals surface area contributed by atoms with Crippen LogP contribution in [-0.2, 0) is 0 Å². The van der Waals surface area contributed by atoms with E-state index in [4.69, 9.17) is 5.11 Å². The van der Waals surface area contributed by atoms with Gasteiger partial charge in [0.1, 0.15) is 0 Å². The number of hydrogen-bond acceptors (Lipinski definition) is 3. The van der Waals surface area contributed by atoms with Gasteiger partial charge in [-0.25, -0.2) is 0 Å². The van der Waals surface area contributed by atoms with Gasteiger partial charge in [-0.05, 0) is 6.92 Å². The molecule has 1 fully saturated rings. The first-order valence-electron chi connectivity index (χ1n) is 4.48. The molecular formula is C8H14F3NOS. The zero-order valence-corrected chi connectivity index (χ0v) is 8.74. The first-order chi connectivity index (χ1) is 6.41. The van der Waals surface area contributed by atoms with E-state index in [1.165, 1.54) is 0 Å². The molecule has 0 amide bonds. The molecule has 1 heterocycles. The molecule has 0 saturated carbocycles. The van der Waals surface area contributed by atoms with Gasteiger partial charge < -0.3 is 5.11 Å². The Hall–Kier alpha value is 0.0600. The SMILES string of the molecule is C[C@H]1CSCCN1C[C@@H](O)C(F)(F)F. The fourth-order valence-electron chi connectivity index (χ4n) is 1.36. The summed E-state index contributed by atoms with van der Waals surface area (Å²) < 4.78 is 36.1. The van der Waals surface area contributed by atoms with Crippen molar-refractivity contribution in [1.82, 2.24) is 4.90 Å². The number of halogens is 3. The van der Waals surface area contributed by atoms with Gasteiger partial charge in [-0.2, -0.15) is 24.9 Å². The molecule has 1 N–H and O–H groups in total. The van der Waals surface area contributed by atoms with Crippen LogP contribution in [0.2, 0.25) is 0 Å². The molecular weight excluding hydrogens is 215 g/mol. The molecule has 1 rings (SSSR count). The predicted octanol–water partition coefficient (Wildman–Crippen LogP) is 1.35. The molecule has 14 heavy (non-hydrogen) atoms. The van der Waals surface area contributed by atoms with Crippen molar-refractivity contribution in [2.24, 2.45) is 0 Å². The predicted molar refractivity (Wildman–Crippen MR) is 50.4 cm³/mol. The van der Waals surface area contributed by atoms with Crippen molar-refractivity contribution >= 4 is 11.8 Å². The Bertz CT molecular complexity index is 188. The summed E-state index contributed by atoms with van der Waals surface area (Å²) in [6, 6.07) is 0.116. The molecule has 6 heteroatoms. The molecule has 0 unspecified atom stereocenters. The molecule has 0 spiro atoms. The Morgan fingerprint density at radius 2 is 2.21 bits per heavy atom. The van der Waals surface area contributed by atoms with E-state index in [1.807, 2.05) is 6.92 Å². The van der Waals surface area contributed by atoms with Crippen molar-refractivity contribution in [3.05, 3.63) is 0 Å². The van der Waals surface area contributed by atoms with Crippen LogP contribution < -0.4 is 0 Å². The molecule has 0 aromatic heterocycles. The maximum Gasteiger partial charge on any atom is 0.415 e. The van der Waals surface area contributed by atoms with Crippen molar-refractivity contribution in [2.45, 2.75) is 25.2 Å². The highest BCUT2D eigenvalue weighted by Gasteiger charge is 2.39. The van der Waals surface area contributed by atoms with Crippen LogP contribution in [0.4, 0.5) is 13.2 Å². The van der Waals surface area contributed by atoms with Crippen LogP contribution in [0.25, 0.3) is 0 Å². The smallest absolute Gasteiger partial charge is 0.382 e. The molecule has 1 aliphatic rings. The maximum absolute atomic E-state index is 12.0. The minimum Gasteiger partial charge on any atom is -0.382 e. The first-order valence-corrected chi connectivity index (χ1v) is 5.63. The second-order valence-electron chi connectivity index (χ2n) is 3.48. The molecule has 2 atom stereocenters. The number of β-amino-alcohol motifs (C(OH)–C–C–N with tert-alkyl or cyclic N) is 1. The van der Waals surface area contributed by atoms with Crippen LogP contribution in [0, 0.1) is 0 Å². The van der Waals surface area contributed by atoms with E-state index < -0.39 is 12.3 Å². The number of aliphatic hydroxyl groups is 1. The quantitative estimate of drug-likeness (QED) is 0.773. The van der Waals surface area contributed by atoms with Gasteiger partial charge in [0.15, 0.2) is 6.10 Å². The summed E-state index contributed by atoms with van der Waals surface area (Å²) in [5, 5.41) is 8.88. The summed E-state index contributed by atoms with van der Waals surface area (Å²) >= 11 is 1.74. The highest BCUT2D eigenvalue weighted by Crippen LogP contribution is 2.23. The van der Waals surface area contributed by atoms with Gasteiger partial charge in [0.2, 0.25) is 0 Å². The van der Waals surface area contributed by atoms with Gasteiger partial charge in [0.25, 0.3) is 0 Å². The van der Waals surface area contributed by atoms with E-state index in [1.54, 1.807) is 16.7 Å². The van der Waals surface area contributed by atoms with Gasteiger partial charge in [-0.15, -0.1) is 0 Å². The normalized spacial score (nSPS) is 27.6. The monoisotopic (exact) mass is 229 g/mol. The zero-order valence-electron chi connectivity index (χ0n) is 7.92. The Balaban J connectivity index is 2.42. The van der Waals surface area contributed by atoms with E-state index in [-0.39, 0.29) is 12.6 Å². The third-order valence-electron chi connectivity index (χ3n) is 2.29. The molecule has 1 saturated heterocycles. The lowest BCUT2D eigenvalue weighted by molar-refractivity contribution is -0.209. The van der Waals surface area contributed by atoms with Gasteiger partial charge in [-0.3, -0.25) is 4.90 Å². The minimum atomic E-state index is -4.50. The highest BCUT2D eigenvalue weighted by atomic mass is 32.2. The molecule has 0 bridgehead atoms. The summed E-state index contributed by atoms with van der Waals surface area (Å²) in [5.41, 5.74) is 0. The van der Waals surface area contributed by atoms with Gasteiger partial charge in [-0.1, -0.05) is 0 Å². The van der Waals surface area contributed by atoms with Crippen LogP contribution in [0.15, 0.2) is 0 Å². The Morgan fingerprint density at radius 3 is 2.71 bits per heavy atom. The number of nitrogens with zero attached hydrogens (tertiary/aromatic N) is 1. The third-order valence-corrected chi connectivity index (χ3v) is 3.48. The van der Waals surface area contributed by atoms with Crippen LogP contribution in [0.5, 0.6) is 0 Å². The van der Waals surface area contributed by atoms with E-state index in [2.05, 4.69) is 0 Å². The standard InChI is InChI=1S/C8H14F3NOS/c1-6-5-14-3-2-12(6)4-7(13)8(9,10)11/h6-7,13H,2-5H2,1H3/t6-,7+/m0/s1. The van der Waals surface area contributed by atoms with Gasteiger partial charge in [0, 0.05) is 30.6 Å². The van der Waals surface area contributed by atoms with Crippen LogP contribution >= 0.6 is 11.8 Å². The molecule has 0 aliphatic carbocycles. The lowest BCUT2D eigenvalue weighted by Crippen LogP contribution is -2.48. The Labute approximate surface area is 85.5 Å². The van der Waals surface area contributed by atoms with E-state index in [0.717, 1.165) is 11.5 Å². The molecule has 0 aromatic carbocycles. The van der Waals surface area contributed by atoms with Crippen molar-refractivity contribution < 1.29 is 18.3 Å². The lowest BCUT2D eigenvalue weighted by atomic mass is 10.2. The highest BCUT2D eigenvalue weighted by molar-refractivity contribution is 7.99. The number of thioether (sulfide) groups is 1. The third kappa shape index (κ3) is 3.33. The van der Waals surface area contributed by atoms with Crippen LogP contribution in [0.3, 0.4) is 0 Å². The fourth-order valence-corrected chi connectivity index (χ4v) is 2.44. The molecule has 0 aromatic rings. The summed E-state index contributed by atoms with van der Waals surface area (Å²) in [4.78, 5) is 1.69. The van der Waals surface area contributed by atoms with Crippen molar-refractivity contribution in [3.8, 4) is 0 Å². The maximum atomic E-state index is 12.0. The Kier molecular flexibility index (Phi) is 4.09. The summed E-state index contributed by atoms with van der Waals surface area (Å²) in [6.45, 7) is 2.21. The number of rotatable bonds is 2. The van der Waals surface area contributed by atoms with Crippen molar-refractivity contribution in [3.63, 3.8) is 0 Å². The minimum absolute atomic E-state index is 0.116. The van der Waals surface area contributed by atoms with Crippen molar-refractivity contribution in [1.29, 1.82) is 0 Å². The lowest BCUT2D eigenvalue weighted by Gasteiger charge is -2.34. The van der Waals surface area contributed by atoms with Gasteiger partial charge >= 0.3 is 6.18 Å². The summed E-state index contributed by atoms with van der Waals surface area (Å²) in [5.74, 6) is 1.68. The molecule has 1 aliphatic heterocycles. The van der Waals surface area contributed by atoms with Gasteiger partial charge in [0.05, 0.1) is 0 Å². The van der Waals surface area contributed by atoms with E-state index in [9.17, 15) is 13.2 Å². The summed E-state index contributed by atoms with van der Waals surface area (Å²) in [6.07, 6.45) is -6.71. The van der Waals surface area contributed by atoms with Crippen LogP contribution in [0.1, 0.15) is 6.92 Å². The Morgan fingerprint density at radius 1 is 1.57 bits per heavy atom. The number of aliphatic hydroxyl groups excluding tert-OH is 1. The molecule has 2 nitrogen and oxygen atoms in total. The van der Waals surface area contributed by atoms with Crippen LogP contribution in [-0.4, -0.2) is 52.9 Å². The first kappa shape index (κ1) is 12.1. The molecule has 0 radical (unpaired) electrons. The second-order valence-corrected chi connectivity index (χ2v) is 4.63. The summed E-state index contributed by atoms with van der Waals surface area (Å²) in [7, 11) is 0.